The third kappa shape index (κ3) is 2.84. The van der Waals surface area contributed by atoms with Crippen molar-refractivity contribution in [3.8, 4) is 0 Å². The van der Waals surface area contributed by atoms with Crippen LogP contribution in [0.2, 0.25) is 0 Å². The molecule has 0 radical (unpaired) electrons. The van der Waals surface area contributed by atoms with Gasteiger partial charge in [0.1, 0.15) is 5.82 Å². The lowest BCUT2D eigenvalue weighted by Gasteiger charge is -2.56. The van der Waals surface area contributed by atoms with Crippen molar-refractivity contribution >= 4 is 5.57 Å². The zero-order valence-corrected chi connectivity index (χ0v) is 17.9. The van der Waals surface area contributed by atoms with Gasteiger partial charge in [-0.1, -0.05) is 26.0 Å². The number of allylic oxidation sites excluding steroid dienone is 6. The summed E-state index contributed by atoms with van der Waals surface area (Å²) >= 11 is 0. The standard InChI is InChI=1S/C26H32FNO/c1-4-29-20-9-11-25(2)18(14-20)5-6-21-23-8-7-22(17-13-19(27)16-28-15-17)26(23,3)12-10-24(21)25/h5,7,13-16,21,23-24H,4,6,8-12H2,1-3H3/t21-,23-,24-,25-,26+/m0/s1. The van der Waals surface area contributed by atoms with Crippen LogP contribution in [0, 0.1) is 34.4 Å². The summed E-state index contributed by atoms with van der Waals surface area (Å²) < 4.78 is 19.7. The van der Waals surface area contributed by atoms with Crippen LogP contribution in [0.5, 0.6) is 0 Å². The zero-order chi connectivity index (χ0) is 20.2. The van der Waals surface area contributed by atoms with Crippen molar-refractivity contribution in [3.63, 3.8) is 0 Å². The van der Waals surface area contributed by atoms with E-state index < -0.39 is 0 Å². The second-order valence-corrected chi connectivity index (χ2v) is 9.93. The molecule has 0 unspecified atom stereocenters. The number of halogens is 1. The maximum atomic E-state index is 13.8. The Balaban J connectivity index is 1.46. The predicted octanol–water partition coefficient (Wildman–Crippen LogP) is 6.71. The minimum Gasteiger partial charge on any atom is -0.498 e. The van der Waals surface area contributed by atoms with Crippen LogP contribution in [0.15, 0.2) is 48.0 Å². The van der Waals surface area contributed by atoms with E-state index in [1.54, 1.807) is 6.07 Å². The molecule has 0 amide bonds. The average Bonchev–Trinajstić information content (AvgIpc) is 3.06. The first-order valence-electron chi connectivity index (χ1n) is 11.3. The Morgan fingerprint density at radius 2 is 1.97 bits per heavy atom. The summed E-state index contributed by atoms with van der Waals surface area (Å²) in [5, 5.41) is 0. The molecule has 4 aliphatic rings. The lowest BCUT2D eigenvalue weighted by atomic mass is 9.48. The smallest absolute Gasteiger partial charge is 0.142 e. The SMILES string of the molecule is CCOC1=CC2=CC[C@@H]3[C@H](CC[C@]4(C)C(c5cncc(F)c5)=CC[C@@H]34)[C@@]2(C)CC1. The van der Waals surface area contributed by atoms with E-state index in [9.17, 15) is 4.39 Å². The molecule has 1 aromatic heterocycles. The van der Waals surface area contributed by atoms with E-state index in [0.717, 1.165) is 37.4 Å². The van der Waals surface area contributed by atoms with Crippen molar-refractivity contribution in [2.24, 2.45) is 28.6 Å². The third-order valence-corrected chi connectivity index (χ3v) is 8.66. The van der Waals surface area contributed by atoms with Crippen LogP contribution in [0.4, 0.5) is 4.39 Å². The number of pyridine rings is 1. The van der Waals surface area contributed by atoms with Gasteiger partial charge in [-0.2, -0.15) is 0 Å². The molecule has 0 aromatic carbocycles. The van der Waals surface area contributed by atoms with Gasteiger partial charge in [-0.05, 0) is 96.5 Å². The van der Waals surface area contributed by atoms with Gasteiger partial charge in [0.15, 0.2) is 0 Å². The van der Waals surface area contributed by atoms with Crippen LogP contribution in [0.25, 0.3) is 5.57 Å². The van der Waals surface area contributed by atoms with Gasteiger partial charge in [-0.25, -0.2) is 4.39 Å². The molecule has 5 atom stereocenters. The number of nitrogens with zero attached hydrogens (tertiary/aromatic N) is 1. The predicted molar refractivity (Wildman–Crippen MR) is 114 cm³/mol. The number of aromatic nitrogens is 1. The summed E-state index contributed by atoms with van der Waals surface area (Å²) in [5.74, 6) is 3.02. The highest BCUT2D eigenvalue weighted by Gasteiger charge is 2.56. The van der Waals surface area contributed by atoms with E-state index in [4.69, 9.17) is 4.74 Å². The minimum absolute atomic E-state index is 0.138. The molecule has 0 spiro atoms. The van der Waals surface area contributed by atoms with Crippen molar-refractivity contribution in [3.05, 3.63) is 59.4 Å². The Hall–Kier alpha value is -1.90. The molecule has 154 valence electrons. The van der Waals surface area contributed by atoms with E-state index in [0.29, 0.717) is 11.8 Å². The molecule has 3 heteroatoms. The van der Waals surface area contributed by atoms with Crippen LogP contribution in [0.1, 0.15) is 64.9 Å². The molecule has 0 N–H and O–H groups in total. The molecule has 29 heavy (non-hydrogen) atoms. The van der Waals surface area contributed by atoms with Gasteiger partial charge >= 0.3 is 0 Å². The molecule has 1 saturated carbocycles. The quantitative estimate of drug-likeness (QED) is 0.569. The summed E-state index contributed by atoms with van der Waals surface area (Å²) in [5.41, 5.74) is 4.23. The fraction of sp³-hybridized carbons (Fsp3) is 0.577. The summed E-state index contributed by atoms with van der Waals surface area (Å²) in [4.78, 5) is 4.12. The number of rotatable bonds is 3. The number of hydrogen-bond acceptors (Lipinski definition) is 2. The number of hydrogen-bond donors (Lipinski definition) is 0. The van der Waals surface area contributed by atoms with Crippen molar-refractivity contribution < 1.29 is 9.13 Å². The van der Waals surface area contributed by atoms with Crippen LogP contribution in [-0.4, -0.2) is 11.6 Å². The van der Waals surface area contributed by atoms with Crippen LogP contribution in [-0.2, 0) is 4.74 Å². The van der Waals surface area contributed by atoms with Crippen LogP contribution in [0.3, 0.4) is 0 Å². The fourth-order valence-corrected chi connectivity index (χ4v) is 7.17. The zero-order valence-electron chi connectivity index (χ0n) is 17.9. The number of ether oxygens (including phenoxy) is 1. The summed E-state index contributed by atoms with van der Waals surface area (Å²) in [6.07, 6.45) is 17.4. The minimum atomic E-state index is -0.235. The van der Waals surface area contributed by atoms with Crippen molar-refractivity contribution in [2.45, 2.75) is 59.3 Å². The first kappa shape index (κ1) is 19.1. The highest BCUT2D eigenvalue weighted by atomic mass is 19.1. The Kier molecular flexibility index (Phi) is 4.49. The second kappa shape index (κ2) is 6.82. The first-order chi connectivity index (χ1) is 14.0. The molecular weight excluding hydrogens is 361 g/mol. The maximum absolute atomic E-state index is 13.8. The van der Waals surface area contributed by atoms with Gasteiger partial charge in [0, 0.05) is 12.6 Å². The fourth-order valence-electron chi connectivity index (χ4n) is 7.17. The molecule has 4 aliphatic carbocycles. The molecule has 1 heterocycles. The Morgan fingerprint density at radius 3 is 2.76 bits per heavy atom. The average molecular weight is 394 g/mol. The topological polar surface area (TPSA) is 22.1 Å². The molecule has 2 nitrogen and oxygen atoms in total. The van der Waals surface area contributed by atoms with Gasteiger partial charge in [0.05, 0.1) is 18.6 Å². The molecule has 0 bridgehead atoms. The van der Waals surface area contributed by atoms with Gasteiger partial charge in [-0.15, -0.1) is 0 Å². The number of fused-ring (bicyclic) bond motifs is 5. The Labute approximate surface area is 174 Å². The molecule has 5 rings (SSSR count). The van der Waals surface area contributed by atoms with Crippen LogP contribution >= 0.6 is 0 Å². The summed E-state index contributed by atoms with van der Waals surface area (Å²) in [6, 6.07) is 1.67. The van der Waals surface area contributed by atoms with Gasteiger partial charge < -0.3 is 4.74 Å². The molecular formula is C26H32FNO. The van der Waals surface area contributed by atoms with Crippen molar-refractivity contribution in [1.82, 2.24) is 4.98 Å². The monoisotopic (exact) mass is 393 g/mol. The van der Waals surface area contributed by atoms with Gasteiger partial charge in [0.2, 0.25) is 0 Å². The van der Waals surface area contributed by atoms with E-state index in [1.807, 2.05) is 6.20 Å². The molecule has 1 fully saturated rings. The first-order valence-corrected chi connectivity index (χ1v) is 11.3. The highest BCUT2D eigenvalue weighted by molar-refractivity contribution is 5.72. The lowest BCUT2D eigenvalue weighted by molar-refractivity contribution is -0.00491. The summed E-state index contributed by atoms with van der Waals surface area (Å²) in [7, 11) is 0. The van der Waals surface area contributed by atoms with E-state index in [2.05, 4.69) is 44.0 Å². The Bertz CT molecular complexity index is 915. The molecule has 1 aromatic rings. The molecule has 0 aliphatic heterocycles. The Morgan fingerprint density at radius 1 is 1.10 bits per heavy atom. The van der Waals surface area contributed by atoms with Crippen LogP contribution < -0.4 is 0 Å². The van der Waals surface area contributed by atoms with E-state index in [1.165, 1.54) is 42.4 Å². The van der Waals surface area contributed by atoms with Gasteiger partial charge in [0.25, 0.3) is 0 Å². The largest absolute Gasteiger partial charge is 0.498 e. The van der Waals surface area contributed by atoms with Gasteiger partial charge in [-0.3, -0.25) is 4.98 Å². The van der Waals surface area contributed by atoms with E-state index in [-0.39, 0.29) is 16.6 Å². The maximum Gasteiger partial charge on any atom is 0.142 e. The second-order valence-electron chi connectivity index (χ2n) is 9.93. The van der Waals surface area contributed by atoms with Crippen molar-refractivity contribution in [2.75, 3.05) is 6.61 Å². The van der Waals surface area contributed by atoms with Crippen molar-refractivity contribution in [1.29, 1.82) is 0 Å². The summed E-state index contributed by atoms with van der Waals surface area (Å²) in [6.45, 7) is 7.75. The normalized spacial score (nSPS) is 38.2. The molecule has 0 saturated heterocycles. The highest BCUT2D eigenvalue weighted by Crippen LogP contribution is 2.66. The van der Waals surface area contributed by atoms with E-state index >= 15 is 0 Å². The lowest BCUT2D eigenvalue weighted by Crippen LogP contribution is -2.48. The third-order valence-electron chi connectivity index (χ3n) is 8.66.